The number of aromatic nitrogens is 3. The minimum absolute atomic E-state index is 0.0107. The zero-order valence-corrected chi connectivity index (χ0v) is 38.3. The highest BCUT2D eigenvalue weighted by atomic mass is 35.5. The van der Waals surface area contributed by atoms with E-state index in [0.717, 1.165) is 5.56 Å². The van der Waals surface area contributed by atoms with E-state index in [-0.39, 0.29) is 49.4 Å². The highest BCUT2D eigenvalue weighted by Crippen LogP contribution is 2.14. The van der Waals surface area contributed by atoms with Crippen molar-refractivity contribution < 1.29 is 38.4 Å². The monoisotopic (exact) mass is 953 g/mol. The number of hydrogen-bond donors (Lipinski definition) is 10. The van der Waals surface area contributed by atoms with Crippen molar-refractivity contribution in [1.82, 2.24) is 52.2 Å². The van der Waals surface area contributed by atoms with Crippen LogP contribution in [0.3, 0.4) is 0 Å². The van der Waals surface area contributed by atoms with Gasteiger partial charge in [0.05, 0.1) is 13.1 Å². The molecule has 6 atom stereocenters. The number of nitrogens with one attached hydrogen (secondary N) is 9. The molecule has 2 bridgehead atoms. The summed E-state index contributed by atoms with van der Waals surface area (Å²) in [6.07, 6.45) is 1.16. The molecule has 0 spiro atoms. The van der Waals surface area contributed by atoms with Crippen LogP contribution in [0.4, 0.5) is 11.9 Å². The van der Waals surface area contributed by atoms with E-state index in [1.54, 1.807) is 72.8 Å². The van der Waals surface area contributed by atoms with Crippen LogP contribution in [0.2, 0.25) is 5.28 Å². The molecule has 1 aliphatic heterocycles. The lowest BCUT2D eigenvalue weighted by Gasteiger charge is -2.24. The molecule has 0 saturated heterocycles. The van der Waals surface area contributed by atoms with Crippen LogP contribution in [-0.2, 0) is 57.6 Å². The van der Waals surface area contributed by atoms with Gasteiger partial charge in [0.1, 0.15) is 36.3 Å². The highest BCUT2D eigenvalue weighted by Gasteiger charge is 2.30. The maximum Gasteiger partial charge on any atom is 0.243 e. The maximum atomic E-state index is 13.8. The molecule has 22 heteroatoms. The first kappa shape index (κ1) is 51.3. The summed E-state index contributed by atoms with van der Waals surface area (Å²) in [4.78, 5) is 119. The van der Waals surface area contributed by atoms with Crippen molar-refractivity contribution in [2.45, 2.75) is 88.6 Å². The van der Waals surface area contributed by atoms with Crippen LogP contribution in [0.15, 0.2) is 91.0 Å². The van der Waals surface area contributed by atoms with E-state index >= 15 is 0 Å². The third-order valence-corrected chi connectivity index (χ3v) is 10.8. The molecule has 0 fully saturated rings. The van der Waals surface area contributed by atoms with E-state index in [2.05, 4.69) is 62.8 Å². The van der Waals surface area contributed by atoms with Gasteiger partial charge in [-0.3, -0.25) is 38.4 Å². The van der Waals surface area contributed by atoms with Gasteiger partial charge in [0, 0.05) is 25.8 Å². The number of anilines is 2. The molecule has 11 N–H and O–H groups in total. The molecule has 2 heterocycles. The fraction of sp³-hybridized carbons (Fsp3) is 0.370. The maximum absolute atomic E-state index is 13.8. The molecule has 5 rings (SSSR count). The van der Waals surface area contributed by atoms with E-state index in [4.69, 9.17) is 17.3 Å². The van der Waals surface area contributed by atoms with Crippen LogP contribution >= 0.6 is 11.6 Å². The lowest BCUT2D eigenvalue weighted by Crippen LogP contribution is -2.57. The number of nitrogens with two attached hydrogens (primary N) is 1. The largest absolute Gasteiger partial charge is 0.368 e. The Morgan fingerprint density at radius 1 is 0.529 bits per heavy atom. The van der Waals surface area contributed by atoms with Crippen LogP contribution < -0.4 is 53.6 Å². The molecule has 68 heavy (non-hydrogen) atoms. The number of hydrogen-bond acceptors (Lipinski definition) is 13. The first-order chi connectivity index (χ1) is 32.6. The van der Waals surface area contributed by atoms with E-state index in [0.29, 0.717) is 24.0 Å². The van der Waals surface area contributed by atoms with Crippen molar-refractivity contribution in [1.29, 1.82) is 0 Å². The van der Waals surface area contributed by atoms with Gasteiger partial charge in [-0.2, -0.15) is 15.0 Å². The number of benzene rings is 3. The first-order valence-electron chi connectivity index (χ1n) is 22.0. The Balaban J connectivity index is 1.37. The van der Waals surface area contributed by atoms with Crippen LogP contribution in [0.1, 0.15) is 49.8 Å². The number of amides is 8. The predicted octanol–water partition coefficient (Wildman–Crippen LogP) is -0.189. The summed E-state index contributed by atoms with van der Waals surface area (Å²) in [7, 11) is 0. The fourth-order valence-electron chi connectivity index (χ4n) is 6.95. The van der Waals surface area contributed by atoms with Gasteiger partial charge in [-0.05, 0) is 61.4 Å². The quantitative estimate of drug-likeness (QED) is 0.115. The van der Waals surface area contributed by atoms with E-state index in [1.807, 2.05) is 18.2 Å². The molecule has 8 amide bonds. The Bertz CT molecular complexity index is 2380. The van der Waals surface area contributed by atoms with Gasteiger partial charge in [0.15, 0.2) is 0 Å². The van der Waals surface area contributed by atoms with Gasteiger partial charge in [-0.15, -0.1) is 0 Å². The minimum atomic E-state index is -1.21. The molecule has 4 aromatic rings. The van der Waals surface area contributed by atoms with Gasteiger partial charge >= 0.3 is 0 Å². The molecule has 0 saturated carbocycles. The van der Waals surface area contributed by atoms with Gasteiger partial charge < -0.3 is 53.6 Å². The van der Waals surface area contributed by atoms with Crippen molar-refractivity contribution in [2.24, 2.45) is 5.73 Å². The Morgan fingerprint density at radius 2 is 0.956 bits per heavy atom. The standard InChI is InChI=1S/C46H56ClN13O8/c1-27-39(64)55-33(22-29-14-6-3-7-15-29)41(66)50-25-36(61)53-28(2)40(65)56-35(24-31-18-10-5-11-19-31)43(68)54-32(38(48)63)20-12-13-21-49-45-58-44(47)59-46(60-45)57-34(23-30-16-8-4-9-17-30)42(67)51-26-37(62)52-27/h3-11,14-19,27-28,32-35H,12-13,20-26H2,1-2H3,(H2,48,63)(H,50,66)(H,51,67)(H,52,62)(H,53,61)(H,54,68)(H,55,64)(H,56,65)(H2,49,57,58,59,60)/t27-,28-,32-,33?,34-,35-/m0/s1. The number of fused-ring (bicyclic) bond motifs is 2. The normalized spacial score (nSPS) is 22.4. The van der Waals surface area contributed by atoms with Crippen LogP contribution in [-0.4, -0.2) is 118 Å². The van der Waals surface area contributed by atoms with Gasteiger partial charge in [-0.1, -0.05) is 91.0 Å². The number of carbonyl (C=O) groups is 8. The van der Waals surface area contributed by atoms with Gasteiger partial charge in [-0.25, -0.2) is 0 Å². The Morgan fingerprint density at radius 3 is 1.41 bits per heavy atom. The number of carbonyl (C=O) groups excluding carboxylic acids is 8. The van der Waals surface area contributed by atoms with Crippen LogP contribution in [0, 0.1) is 0 Å². The molecule has 1 unspecified atom stereocenters. The zero-order chi connectivity index (χ0) is 49.0. The molecule has 3 aromatic carbocycles. The molecule has 1 aliphatic rings. The van der Waals surface area contributed by atoms with Crippen molar-refractivity contribution >= 4 is 70.8 Å². The summed E-state index contributed by atoms with van der Waals surface area (Å²) in [5.41, 5.74) is 7.86. The average Bonchev–Trinajstić information content (AvgIpc) is 3.31. The van der Waals surface area contributed by atoms with Gasteiger partial charge in [0.2, 0.25) is 64.4 Å². The topological polar surface area (TPSA) is 310 Å². The summed E-state index contributed by atoms with van der Waals surface area (Å²) in [6.45, 7) is 1.96. The highest BCUT2D eigenvalue weighted by molar-refractivity contribution is 6.28. The summed E-state index contributed by atoms with van der Waals surface area (Å²) in [6, 6.07) is 19.8. The van der Waals surface area contributed by atoms with Crippen molar-refractivity contribution in [2.75, 3.05) is 30.3 Å². The lowest BCUT2D eigenvalue weighted by atomic mass is 10.0. The molecule has 21 nitrogen and oxygen atoms in total. The average molecular weight is 954 g/mol. The second-order valence-corrected chi connectivity index (χ2v) is 16.4. The number of primary amides is 1. The van der Waals surface area contributed by atoms with Crippen LogP contribution in [0.25, 0.3) is 0 Å². The summed E-state index contributed by atoms with van der Waals surface area (Å²) < 4.78 is 0. The van der Waals surface area contributed by atoms with Gasteiger partial charge in [0.25, 0.3) is 0 Å². The fourth-order valence-corrected chi connectivity index (χ4v) is 7.11. The summed E-state index contributed by atoms with van der Waals surface area (Å²) >= 11 is 6.27. The molecule has 1 aromatic heterocycles. The SMILES string of the molecule is C[C@@H]1NC(=O)CNC(=O)[C@H](Cc2ccccc2)Nc2nc(Cl)nc(n2)NCCCC[C@@H](C(N)=O)NC(=O)[C@H](Cc2ccccc2)NC(=O)[C@H](C)NC(=O)CNC(=O)C(Cc2ccccc2)NC1=O. The number of halogens is 1. The minimum Gasteiger partial charge on any atom is -0.368 e. The lowest BCUT2D eigenvalue weighted by molar-refractivity contribution is -0.133. The van der Waals surface area contributed by atoms with E-state index in [1.165, 1.54) is 13.8 Å². The Kier molecular flexibility index (Phi) is 19.5. The first-order valence-corrected chi connectivity index (χ1v) is 22.4. The van der Waals surface area contributed by atoms with Crippen molar-refractivity contribution in [3.8, 4) is 0 Å². The third kappa shape index (κ3) is 17.0. The summed E-state index contributed by atoms with van der Waals surface area (Å²) in [5.74, 6) is -5.74. The molecular weight excluding hydrogens is 898 g/mol. The molecular formula is C46H56ClN13O8. The zero-order valence-electron chi connectivity index (χ0n) is 37.6. The third-order valence-electron chi connectivity index (χ3n) is 10.6. The molecule has 0 aliphatic carbocycles. The Hall–Kier alpha value is -7.68. The number of nitrogens with zero attached hydrogens (tertiary/aromatic N) is 3. The van der Waals surface area contributed by atoms with Crippen LogP contribution in [0.5, 0.6) is 0 Å². The second-order valence-electron chi connectivity index (χ2n) is 16.0. The van der Waals surface area contributed by atoms with Crippen molar-refractivity contribution in [3.05, 3.63) is 113 Å². The molecule has 0 radical (unpaired) electrons. The second kappa shape index (κ2) is 25.9. The summed E-state index contributed by atoms with van der Waals surface area (Å²) in [5, 5.41) is 23.9. The van der Waals surface area contributed by atoms with E-state index < -0.39 is 96.6 Å². The predicted molar refractivity (Wildman–Crippen MR) is 251 cm³/mol. The number of rotatable bonds is 7. The molecule has 360 valence electrons. The van der Waals surface area contributed by atoms with Crippen molar-refractivity contribution in [3.63, 3.8) is 0 Å². The smallest absolute Gasteiger partial charge is 0.243 e. The Labute approximate surface area is 397 Å². The van der Waals surface area contributed by atoms with E-state index in [9.17, 15) is 38.4 Å².